The Morgan fingerprint density at radius 1 is 1.12 bits per heavy atom. The van der Waals surface area contributed by atoms with E-state index in [0.29, 0.717) is 36.4 Å². The van der Waals surface area contributed by atoms with Crippen LogP contribution in [0.25, 0.3) is 10.9 Å². The van der Waals surface area contributed by atoms with Crippen LogP contribution >= 0.6 is 11.2 Å². The van der Waals surface area contributed by atoms with Crippen LogP contribution in [-0.2, 0) is 11.3 Å². The number of hydrogen-bond acceptors (Lipinski definition) is 2. The summed E-state index contributed by atoms with van der Waals surface area (Å²) in [5.41, 5.74) is 1.93. The molecule has 176 valence electrons. The molecule has 3 aromatic rings. The third kappa shape index (κ3) is 5.19. The number of hydrogen-bond donors (Lipinski definition) is 2. The average Bonchev–Trinajstić information content (AvgIpc) is 3.12. The summed E-state index contributed by atoms with van der Waals surface area (Å²) in [6.45, 7) is 2.25. The van der Waals surface area contributed by atoms with Crippen LogP contribution < -0.4 is 5.32 Å². The molecule has 1 atom stereocenters. The van der Waals surface area contributed by atoms with Crippen molar-refractivity contribution in [1.82, 2.24) is 9.88 Å². The molecule has 0 bridgehead atoms. The van der Waals surface area contributed by atoms with Gasteiger partial charge < -0.3 is 15.0 Å². The van der Waals surface area contributed by atoms with Gasteiger partial charge in [0.1, 0.15) is 0 Å². The molecule has 0 aliphatic heterocycles. The number of aliphatic carboxylic acids is 1. The third-order valence-electron chi connectivity index (χ3n) is 6.23. The summed E-state index contributed by atoms with van der Waals surface area (Å²) < 4.78 is 40.6. The number of aromatic nitrogens is 1. The molecule has 4 rings (SSSR count). The molecule has 1 aliphatic carbocycles. The second-order valence-corrected chi connectivity index (χ2v) is 10.0. The van der Waals surface area contributed by atoms with Crippen LogP contribution in [0.2, 0.25) is 0 Å². The normalized spacial score (nSPS) is 19.6. The molecule has 1 amide bonds. The second-order valence-electron chi connectivity index (χ2n) is 8.72. The van der Waals surface area contributed by atoms with Crippen LogP contribution in [0.15, 0.2) is 59.6 Å². The Balaban J connectivity index is 1.48. The molecule has 1 unspecified atom stereocenters. The average molecular weight is 479 g/mol. The number of halogens is 3. The number of carboxylic acid groups (broad SMARTS) is 1. The molecule has 1 saturated carbocycles. The number of carboxylic acids is 1. The SMILES string of the molecule is CC(CC1CC(C(=O)O)C1)NC(=O)c1cccc2ccn(Cc3ccc(S(F)(F)F)cc3)c12. The molecular formula is C24H25F3N2O3S. The van der Waals surface area contributed by atoms with Gasteiger partial charge in [-0.05, 0) is 61.9 Å². The number of nitrogens with one attached hydrogen (secondary N) is 1. The van der Waals surface area contributed by atoms with Gasteiger partial charge >= 0.3 is 5.97 Å². The van der Waals surface area contributed by atoms with Gasteiger partial charge in [-0.15, -0.1) is 11.7 Å². The highest BCUT2D eigenvalue weighted by Crippen LogP contribution is 2.60. The van der Waals surface area contributed by atoms with Gasteiger partial charge in [0, 0.05) is 24.2 Å². The minimum atomic E-state index is -5.25. The lowest BCUT2D eigenvalue weighted by molar-refractivity contribution is -0.146. The summed E-state index contributed by atoms with van der Waals surface area (Å²) in [7, 11) is 0. The van der Waals surface area contributed by atoms with Crippen LogP contribution in [0.3, 0.4) is 0 Å². The molecule has 2 N–H and O–H groups in total. The number of benzene rings is 2. The molecule has 1 aromatic heterocycles. The van der Waals surface area contributed by atoms with E-state index < -0.39 is 22.1 Å². The van der Waals surface area contributed by atoms with Crippen molar-refractivity contribution in [2.75, 3.05) is 0 Å². The lowest BCUT2D eigenvalue weighted by Crippen LogP contribution is -2.38. The van der Waals surface area contributed by atoms with Gasteiger partial charge in [-0.1, -0.05) is 24.3 Å². The minimum Gasteiger partial charge on any atom is -0.481 e. The Bertz CT molecular complexity index is 1170. The van der Waals surface area contributed by atoms with Crippen LogP contribution in [0, 0.1) is 11.8 Å². The first-order valence-electron chi connectivity index (χ1n) is 10.7. The van der Waals surface area contributed by atoms with E-state index in [-0.39, 0.29) is 17.9 Å². The number of rotatable bonds is 8. The van der Waals surface area contributed by atoms with E-state index in [4.69, 9.17) is 5.11 Å². The van der Waals surface area contributed by atoms with Gasteiger partial charge in [0.25, 0.3) is 5.91 Å². The lowest BCUT2D eigenvalue weighted by atomic mass is 9.72. The number of para-hydroxylation sites is 1. The van der Waals surface area contributed by atoms with E-state index in [0.717, 1.165) is 29.5 Å². The van der Waals surface area contributed by atoms with Crippen molar-refractivity contribution >= 4 is 34.0 Å². The van der Waals surface area contributed by atoms with Crippen LogP contribution in [0.5, 0.6) is 0 Å². The standard InChI is InChI=1S/C24H25F3N2O3S/c1-15(11-17-12-19(13-17)24(31)32)28-23(30)21-4-2-3-18-9-10-29(22(18)21)14-16-5-7-20(8-6-16)33(25,26)27/h2-10,15,17,19H,11-14H2,1H3,(H,28,30)(H,31,32). The zero-order valence-corrected chi connectivity index (χ0v) is 18.8. The molecule has 1 fully saturated rings. The molecule has 5 nitrogen and oxygen atoms in total. The maximum absolute atomic E-state index is 13.0. The second kappa shape index (κ2) is 9.13. The van der Waals surface area contributed by atoms with Gasteiger partial charge in [-0.3, -0.25) is 9.59 Å². The van der Waals surface area contributed by atoms with Gasteiger partial charge in [-0.25, -0.2) is 0 Å². The summed E-state index contributed by atoms with van der Waals surface area (Å²) in [4.78, 5) is 23.4. The van der Waals surface area contributed by atoms with Gasteiger partial charge in [0.15, 0.2) is 0 Å². The first kappa shape index (κ1) is 23.2. The van der Waals surface area contributed by atoms with E-state index >= 15 is 0 Å². The summed E-state index contributed by atoms with van der Waals surface area (Å²) >= 11 is -5.25. The van der Waals surface area contributed by atoms with Crippen LogP contribution in [-0.4, -0.2) is 27.6 Å². The summed E-state index contributed by atoms with van der Waals surface area (Å²) in [6, 6.07) is 12.3. The summed E-state index contributed by atoms with van der Waals surface area (Å²) in [5.74, 6) is -0.966. The first-order valence-corrected chi connectivity index (χ1v) is 12.1. The van der Waals surface area contributed by atoms with E-state index in [2.05, 4.69) is 5.32 Å². The molecule has 9 heteroatoms. The summed E-state index contributed by atoms with van der Waals surface area (Å²) in [6.07, 6.45) is 3.83. The fourth-order valence-electron chi connectivity index (χ4n) is 4.51. The van der Waals surface area contributed by atoms with E-state index in [9.17, 15) is 21.2 Å². The van der Waals surface area contributed by atoms with Gasteiger partial charge in [0.05, 0.1) is 21.9 Å². The van der Waals surface area contributed by atoms with Gasteiger partial charge in [0.2, 0.25) is 11.2 Å². The minimum absolute atomic E-state index is 0.103. The third-order valence-corrected chi connectivity index (χ3v) is 7.03. The topological polar surface area (TPSA) is 71.3 Å². The highest BCUT2D eigenvalue weighted by Gasteiger charge is 2.35. The zero-order chi connectivity index (χ0) is 23.8. The van der Waals surface area contributed by atoms with Crippen molar-refractivity contribution < 1.29 is 26.4 Å². The van der Waals surface area contributed by atoms with Crippen LogP contribution in [0.1, 0.15) is 42.1 Å². The molecule has 33 heavy (non-hydrogen) atoms. The highest BCUT2D eigenvalue weighted by atomic mass is 32.3. The van der Waals surface area contributed by atoms with Crippen molar-refractivity contribution in [2.45, 2.75) is 43.7 Å². The molecule has 0 radical (unpaired) electrons. The molecule has 1 aliphatic rings. The van der Waals surface area contributed by atoms with Crippen molar-refractivity contribution in [1.29, 1.82) is 0 Å². The first-order chi connectivity index (χ1) is 15.6. The highest BCUT2D eigenvalue weighted by molar-refractivity contribution is 8.20. The molecule has 0 spiro atoms. The number of carbonyl (C=O) groups is 2. The smallest absolute Gasteiger partial charge is 0.306 e. The molecule has 0 saturated heterocycles. The predicted octanol–water partition coefficient (Wildman–Crippen LogP) is 6.13. The van der Waals surface area contributed by atoms with Crippen molar-refractivity contribution in [3.05, 3.63) is 65.9 Å². The van der Waals surface area contributed by atoms with Crippen molar-refractivity contribution in [2.24, 2.45) is 11.8 Å². The Labute approximate surface area is 191 Å². The predicted molar refractivity (Wildman–Crippen MR) is 122 cm³/mol. The van der Waals surface area contributed by atoms with Gasteiger partial charge in [-0.2, -0.15) is 0 Å². The molecule has 1 heterocycles. The Hall–Kier alpha value is -2.94. The van der Waals surface area contributed by atoms with E-state index in [1.54, 1.807) is 12.1 Å². The van der Waals surface area contributed by atoms with Crippen molar-refractivity contribution in [3.63, 3.8) is 0 Å². The lowest BCUT2D eigenvalue weighted by Gasteiger charge is -2.34. The van der Waals surface area contributed by atoms with Crippen molar-refractivity contribution in [3.8, 4) is 0 Å². The number of amides is 1. The quantitative estimate of drug-likeness (QED) is 0.409. The maximum Gasteiger partial charge on any atom is 0.306 e. The molecule has 2 aromatic carbocycles. The van der Waals surface area contributed by atoms with E-state index in [1.807, 2.05) is 29.8 Å². The Morgan fingerprint density at radius 3 is 2.45 bits per heavy atom. The fraction of sp³-hybridized carbons (Fsp3) is 0.333. The fourth-order valence-corrected chi connectivity index (χ4v) is 4.96. The number of nitrogens with zero attached hydrogens (tertiary/aromatic N) is 1. The largest absolute Gasteiger partial charge is 0.481 e. The Kier molecular flexibility index (Phi) is 6.43. The monoisotopic (exact) mass is 478 g/mol. The van der Waals surface area contributed by atoms with Crippen LogP contribution in [0.4, 0.5) is 11.7 Å². The van der Waals surface area contributed by atoms with E-state index in [1.165, 1.54) is 12.1 Å². The number of fused-ring (bicyclic) bond motifs is 1. The summed E-state index contributed by atoms with van der Waals surface area (Å²) in [5, 5.41) is 12.9. The Morgan fingerprint density at radius 2 is 1.82 bits per heavy atom. The zero-order valence-electron chi connectivity index (χ0n) is 18.0. The molecular weight excluding hydrogens is 453 g/mol. The maximum atomic E-state index is 13.0. The number of carbonyl (C=O) groups excluding carboxylic acids is 1.